The topological polar surface area (TPSA) is 25.8 Å². The van der Waals surface area contributed by atoms with Crippen molar-refractivity contribution in [2.24, 2.45) is 0 Å². The van der Waals surface area contributed by atoms with Gasteiger partial charge in [0, 0.05) is 12.4 Å². The third-order valence-electron chi connectivity index (χ3n) is 1.20. The second-order valence-corrected chi connectivity index (χ2v) is 2.14. The van der Waals surface area contributed by atoms with Crippen molar-refractivity contribution in [3.05, 3.63) is 24.3 Å². The van der Waals surface area contributed by atoms with Crippen LogP contribution in [0.2, 0.25) is 0 Å². The Morgan fingerprint density at radius 3 is 1.77 bits per heavy atom. The average Bonchev–Trinajstić information content (AvgIpc) is 2.04. The molecule has 0 N–H and O–H groups in total. The molecule has 0 bridgehead atoms. The second-order valence-electron chi connectivity index (χ2n) is 2.14. The van der Waals surface area contributed by atoms with E-state index < -0.39 is 17.9 Å². The van der Waals surface area contributed by atoms with E-state index in [2.05, 4.69) is 9.97 Å². The molecule has 0 aromatic carbocycles. The molecule has 1 heterocycles. The Kier molecular flexibility index (Phi) is 2.19. The van der Waals surface area contributed by atoms with E-state index in [-0.39, 0.29) is 0 Å². The molecule has 13 heavy (non-hydrogen) atoms. The van der Waals surface area contributed by atoms with E-state index in [1.54, 1.807) is 0 Å². The van der Waals surface area contributed by atoms with Crippen LogP contribution in [0.3, 0.4) is 0 Å². The zero-order chi connectivity index (χ0) is 10.1. The van der Waals surface area contributed by atoms with Gasteiger partial charge in [-0.3, -0.25) is 0 Å². The minimum atomic E-state index is -5.66. The summed E-state index contributed by atoms with van der Waals surface area (Å²) in [5.74, 6) is -6.53. The molecule has 1 rings (SSSR count). The van der Waals surface area contributed by atoms with Crippen LogP contribution in [0.1, 0.15) is 5.82 Å². The SMILES string of the molecule is FC(F)(F)C(F)(F)c1ncccn1. The van der Waals surface area contributed by atoms with Gasteiger partial charge in [0.1, 0.15) is 0 Å². The first-order valence-electron chi connectivity index (χ1n) is 3.08. The molecule has 0 aliphatic heterocycles. The third kappa shape index (κ3) is 1.73. The zero-order valence-electron chi connectivity index (χ0n) is 6.02. The van der Waals surface area contributed by atoms with Crippen LogP contribution < -0.4 is 0 Å². The molecule has 0 amide bonds. The fraction of sp³-hybridized carbons (Fsp3) is 0.333. The van der Waals surface area contributed by atoms with Gasteiger partial charge in [-0.2, -0.15) is 22.0 Å². The first-order valence-corrected chi connectivity index (χ1v) is 3.08. The van der Waals surface area contributed by atoms with Crippen molar-refractivity contribution in [1.29, 1.82) is 0 Å². The van der Waals surface area contributed by atoms with Crippen LogP contribution in [0.5, 0.6) is 0 Å². The van der Waals surface area contributed by atoms with Crippen molar-refractivity contribution in [2.45, 2.75) is 12.1 Å². The number of hydrogen-bond donors (Lipinski definition) is 0. The van der Waals surface area contributed by atoms with Crippen LogP contribution in [0, 0.1) is 0 Å². The highest BCUT2D eigenvalue weighted by molar-refractivity contribution is 5.00. The molecule has 0 aliphatic rings. The molecule has 0 aliphatic carbocycles. The number of alkyl halides is 5. The van der Waals surface area contributed by atoms with Crippen molar-refractivity contribution in [1.82, 2.24) is 9.97 Å². The Labute approximate surface area is 69.4 Å². The molecular formula is C6H3F5N2. The van der Waals surface area contributed by atoms with Gasteiger partial charge in [-0.25, -0.2) is 9.97 Å². The average molecular weight is 198 g/mol. The van der Waals surface area contributed by atoms with Gasteiger partial charge in [0.2, 0.25) is 5.82 Å². The fourth-order valence-corrected chi connectivity index (χ4v) is 0.588. The minimum absolute atomic E-state index is 0.821. The van der Waals surface area contributed by atoms with Crippen LogP contribution in [0.25, 0.3) is 0 Å². The standard InChI is InChI=1S/C6H3F5N2/c7-5(8,6(9,10)11)4-12-2-1-3-13-4/h1-3H. The van der Waals surface area contributed by atoms with Crippen LogP contribution in [-0.2, 0) is 5.92 Å². The van der Waals surface area contributed by atoms with Crippen molar-refractivity contribution >= 4 is 0 Å². The third-order valence-corrected chi connectivity index (χ3v) is 1.20. The van der Waals surface area contributed by atoms with Gasteiger partial charge in [-0.1, -0.05) is 0 Å². The maximum absolute atomic E-state index is 12.4. The molecule has 0 atom stereocenters. The summed E-state index contributed by atoms with van der Waals surface area (Å²) in [6.45, 7) is 0. The van der Waals surface area contributed by atoms with Gasteiger partial charge < -0.3 is 0 Å². The number of aromatic nitrogens is 2. The first-order chi connectivity index (χ1) is 5.86. The minimum Gasteiger partial charge on any atom is -0.235 e. The van der Waals surface area contributed by atoms with Crippen LogP contribution >= 0.6 is 0 Å². The lowest BCUT2D eigenvalue weighted by atomic mass is 10.3. The summed E-state index contributed by atoms with van der Waals surface area (Å²) < 4.78 is 59.9. The van der Waals surface area contributed by atoms with Gasteiger partial charge >= 0.3 is 12.1 Å². The van der Waals surface area contributed by atoms with Crippen molar-refractivity contribution < 1.29 is 22.0 Å². The Morgan fingerprint density at radius 2 is 1.38 bits per heavy atom. The Morgan fingerprint density at radius 1 is 0.923 bits per heavy atom. The summed E-state index contributed by atoms with van der Waals surface area (Å²) in [5, 5.41) is 0. The van der Waals surface area contributed by atoms with E-state index in [9.17, 15) is 22.0 Å². The molecule has 2 nitrogen and oxygen atoms in total. The van der Waals surface area contributed by atoms with E-state index >= 15 is 0 Å². The van der Waals surface area contributed by atoms with Gasteiger partial charge in [0.25, 0.3) is 0 Å². The maximum Gasteiger partial charge on any atom is 0.461 e. The summed E-state index contributed by atoms with van der Waals surface area (Å²) in [6, 6.07) is 1.15. The molecule has 1 aromatic heterocycles. The van der Waals surface area contributed by atoms with E-state index in [1.165, 1.54) is 0 Å². The summed E-state index contributed by atoms with van der Waals surface area (Å²) in [7, 11) is 0. The molecule has 0 spiro atoms. The largest absolute Gasteiger partial charge is 0.461 e. The lowest BCUT2D eigenvalue weighted by Gasteiger charge is -2.17. The Balaban J connectivity index is 3.08. The molecule has 0 unspecified atom stereocenters. The van der Waals surface area contributed by atoms with Crippen LogP contribution in [-0.4, -0.2) is 16.1 Å². The van der Waals surface area contributed by atoms with Crippen LogP contribution in [0.4, 0.5) is 22.0 Å². The van der Waals surface area contributed by atoms with E-state index in [0.717, 1.165) is 18.5 Å². The normalized spacial score (nSPS) is 13.0. The van der Waals surface area contributed by atoms with Gasteiger partial charge in [-0.05, 0) is 6.07 Å². The molecule has 0 saturated heterocycles. The summed E-state index contributed by atoms with van der Waals surface area (Å²) in [5.41, 5.74) is 0. The van der Waals surface area contributed by atoms with Gasteiger partial charge in [0.15, 0.2) is 0 Å². The van der Waals surface area contributed by atoms with Crippen molar-refractivity contribution in [3.63, 3.8) is 0 Å². The van der Waals surface area contributed by atoms with Crippen LogP contribution in [0.15, 0.2) is 18.5 Å². The van der Waals surface area contributed by atoms with E-state index in [4.69, 9.17) is 0 Å². The highest BCUT2D eigenvalue weighted by Gasteiger charge is 2.61. The highest BCUT2D eigenvalue weighted by Crippen LogP contribution is 2.41. The van der Waals surface area contributed by atoms with E-state index in [1.807, 2.05) is 0 Å². The smallest absolute Gasteiger partial charge is 0.235 e. The van der Waals surface area contributed by atoms with Crippen molar-refractivity contribution in [3.8, 4) is 0 Å². The van der Waals surface area contributed by atoms with Crippen molar-refractivity contribution in [2.75, 3.05) is 0 Å². The molecule has 0 radical (unpaired) electrons. The number of rotatable bonds is 1. The Bertz CT molecular complexity index is 281. The quantitative estimate of drug-likeness (QED) is 0.646. The first kappa shape index (κ1) is 9.82. The number of nitrogens with zero attached hydrogens (tertiary/aromatic N) is 2. The summed E-state index contributed by atoms with van der Waals surface area (Å²) in [6.07, 6.45) is -4.02. The molecule has 0 fully saturated rings. The predicted molar refractivity (Wildman–Crippen MR) is 32.0 cm³/mol. The molecule has 1 aromatic rings. The predicted octanol–water partition coefficient (Wildman–Crippen LogP) is 2.13. The Hall–Kier alpha value is -1.27. The second kappa shape index (κ2) is 2.90. The monoisotopic (exact) mass is 198 g/mol. The summed E-state index contributed by atoms with van der Waals surface area (Å²) >= 11 is 0. The molecule has 72 valence electrons. The fourth-order valence-electron chi connectivity index (χ4n) is 0.588. The van der Waals surface area contributed by atoms with Gasteiger partial charge in [0.05, 0.1) is 0 Å². The molecular weight excluding hydrogens is 195 g/mol. The number of hydrogen-bond acceptors (Lipinski definition) is 2. The highest BCUT2D eigenvalue weighted by atomic mass is 19.4. The lowest BCUT2D eigenvalue weighted by molar-refractivity contribution is -0.292. The molecule has 0 saturated carbocycles. The summed E-state index contributed by atoms with van der Waals surface area (Å²) in [4.78, 5) is 5.67. The van der Waals surface area contributed by atoms with E-state index in [0.29, 0.717) is 0 Å². The van der Waals surface area contributed by atoms with Gasteiger partial charge in [-0.15, -0.1) is 0 Å². The maximum atomic E-state index is 12.4. The molecule has 7 heteroatoms. The number of halogens is 5. The zero-order valence-corrected chi connectivity index (χ0v) is 6.02. The lowest BCUT2D eigenvalue weighted by Crippen LogP contribution is -2.35.